The van der Waals surface area contributed by atoms with Crippen molar-refractivity contribution < 1.29 is 24.3 Å². The van der Waals surface area contributed by atoms with E-state index < -0.39 is 23.7 Å². The van der Waals surface area contributed by atoms with Gasteiger partial charge in [0.1, 0.15) is 5.84 Å². The van der Waals surface area contributed by atoms with Gasteiger partial charge in [0, 0.05) is 74.9 Å². The predicted molar refractivity (Wildman–Crippen MR) is 249 cm³/mol. The second-order valence-electron chi connectivity index (χ2n) is 16.8. The summed E-state index contributed by atoms with van der Waals surface area (Å²) >= 11 is 7.51. The van der Waals surface area contributed by atoms with Crippen molar-refractivity contribution in [1.29, 1.82) is 5.41 Å². The summed E-state index contributed by atoms with van der Waals surface area (Å²) in [7, 11) is 0. The number of anilines is 2. The highest BCUT2D eigenvalue weighted by Gasteiger charge is 2.34. The Labute approximate surface area is 364 Å². The number of carbonyl (C=O) groups excluding carboxylic acids is 3. The van der Waals surface area contributed by atoms with Crippen molar-refractivity contribution in [2.24, 2.45) is 0 Å². The Morgan fingerprint density at radius 3 is 1.62 bits per heavy atom. The van der Waals surface area contributed by atoms with Crippen molar-refractivity contribution in [3.05, 3.63) is 126 Å². The molecule has 0 saturated carbocycles. The SMILES string of the molecule is CC(C)c1cccc(C(C)C)c1NC(=N)c1c(C(=O)O)c(Br)c2c3ccc4c5c(cc(Br)c(c6ccc(C(=O)Nc7c(C(C)C)cccc7C(C)C)c1c62)c53)C(=O)NC4=O. The van der Waals surface area contributed by atoms with Gasteiger partial charge < -0.3 is 15.7 Å². The number of amides is 3. The molecule has 304 valence electrons. The highest BCUT2D eigenvalue weighted by molar-refractivity contribution is 9.11. The van der Waals surface area contributed by atoms with E-state index in [0.29, 0.717) is 64.7 Å². The highest BCUT2D eigenvalue weighted by atomic mass is 79.9. The lowest BCUT2D eigenvalue weighted by Crippen LogP contribution is -2.34. The van der Waals surface area contributed by atoms with Crippen molar-refractivity contribution in [1.82, 2.24) is 5.32 Å². The Bertz CT molecular complexity index is 3000. The number of carboxylic acids is 1. The van der Waals surface area contributed by atoms with E-state index in [-0.39, 0.29) is 56.1 Å². The van der Waals surface area contributed by atoms with Crippen molar-refractivity contribution in [2.45, 2.75) is 79.1 Å². The van der Waals surface area contributed by atoms with Crippen LogP contribution in [-0.2, 0) is 0 Å². The quantitative estimate of drug-likeness (QED) is 0.0320. The first-order chi connectivity index (χ1) is 28.4. The van der Waals surface area contributed by atoms with Gasteiger partial charge in [-0.1, -0.05) is 120 Å². The Morgan fingerprint density at radius 2 is 1.08 bits per heavy atom. The fourth-order valence-electron chi connectivity index (χ4n) is 9.06. The number of aromatic carboxylic acids is 1. The molecule has 3 amide bonds. The fraction of sp³-hybridized carbons (Fsp3) is 0.245. The number of rotatable bonds is 9. The maximum atomic E-state index is 15.2. The van der Waals surface area contributed by atoms with Gasteiger partial charge in [-0.25, -0.2) is 4.79 Å². The van der Waals surface area contributed by atoms with Crippen LogP contribution in [0.3, 0.4) is 0 Å². The van der Waals surface area contributed by atoms with Gasteiger partial charge in [-0.2, -0.15) is 0 Å². The lowest BCUT2D eigenvalue weighted by molar-refractivity contribution is 0.0694. The number of fused-ring (bicyclic) bond motifs is 2. The molecule has 0 fully saturated rings. The topological polar surface area (TPSA) is 148 Å². The number of halogens is 2. The maximum absolute atomic E-state index is 15.2. The van der Waals surface area contributed by atoms with Crippen LogP contribution < -0.4 is 16.0 Å². The number of benzene rings is 7. The van der Waals surface area contributed by atoms with E-state index in [0.717, 1.165) is 22.3 Å². The van der Waals surface area contributed by atoms with Gasteiger partial charge in [-0.05, 0) is 90.8 Å². The Balaban J connectivity index is 1.54. The van der Waals surface area contributed by atoms with E-state index in [4.69, 9.17) is 0 Å². The van der Waals surface area contributed by atoms with Crippen LogP contribution >= 0.6 is 31.9 Å². The molecule has 1 aliphatic heterocycles. The molecule has 60 heavy (non-hydrogen) atoms. The zero-order valence-corrected chi connectivity index (χ0v) is 37.7. The third-order valence-electron chi connectivity index (χ3n) is 11.8. The van der Waals surface area contributed by atoms with E-state index >= 15 is 4.79 Å². The zero-order valence-electron chi connectivity index (χ0n) is 34.5. The minimum atomic E-state index is -1.31. The summed E-state index contributed by atoms with van der Waals surface area (Å²) in [6.07, 6.45) is 0. The van der Waals surface area contributed by atoms with Crippen molar-refractivity contribution in [2.75, 3.05) is 10.6 Å². The molecule has 11 heteroatoms. The summed E-state index contributed by atoms with van der Waals surface area (Å²) in [6.45, 7) is 16.6. The maximum Gasteiger partial charge on any atom is 0.337 e. The zero-order chi connectivity index (χ0) is 43.2. The number of para-hydroxylation sites is 2. The smallest absolute Gasteiger partial charge is 0.337 e. The van der Waals surface area contributed by atoms with Gasteiger partial charge in [-0.3, -0.25) is 25.1 Å². The first kappa shape index (κ1) is 41.1. The standard InChI is InChI=1S/C49H44Br2N4O5/c1-20(2)24-11-9-12-25(21(3)4)43(24)53-45(52)40-38-31(46(56)54-44-26(22(5)6)13-10-14-27(44)23(7)8)18-15-28-35-33(50)19-32-34-30(47(57)55-48(32)58)17-16-29(36(34)35)39(37(28)38)42(51)41(40)49(59)60/h9-23H,1-8H3,(H2,52,53)(H,54,56)(H,59,60)(H,55,57,58). The van der Waals surface area contributed by atoms with Gasteiger partial charge in [0.05, 0.1) is 5.56 Å². The molecule has 0 bridgehead atoms. The van der Waals surface area contributed by atoms with Crippen LogP contribution in [0.25, 0.3) is 43.1 Å². The van der Waals surface area contributed by atoms with Crippen LogP contribution in [-0.4, -0.2) is 34.6 Å². The van der Waals surface area contributed by atoms with Crippen molar-refractivity contribution in [3.63, 3.8) is 0 Å². The Kier molecular flexibility index (Phi) is 10.4. The van der Waals surface area contributed by atoms with E-state index in [2.05, 4.69) is 103 Å². The van der Waals surface area contributed by atoms with E-state index in [1.165, 1.54) is 0 Å². The largest absolute Gasteiger partial charge is 0.478 e. The molecular formula is C49H44Br2N4O5. The van der Waals surface area contributed by atoms with Crippen molar-refractivity contribution >= 4 is 116 Å². The third kappa shape index (κ3) is 6.27. The predicted octanol–water partition coefficient (Wildman–Crippen LogP) is 13.0. The minimum Gasteiger partial charge on any atom is -0.478 e. The summed E-state index contributed by atoms with van der Waals surface area (Å²) in [5.41, 5.74) is 5.90. The molecule has 0 atom stereocenters. The first-order valence-electron chi connectivity index (χ1n) is 20.1. The molecule has 0 aromatic heterocycles. The second-order valence-corrected chi connectivity index (χ2v) is 18.5. The number of imide groups is 1. The Morgan fingerprint density at radius 1 is 0.600 bits per heavy atom. The Hall–Kier alpha value is -5.65. The molecule has 1 aliphatic rings. The van der Waals surface area contributed by atoms with Crippen LogP contribution in [0.5, 0.6) is 0 Å². The normalized spacial score (nSPS) is 12.9. The summed E-state index contributed by atoms with van der Waals surface area (Å²) in [4.78, 5) is 55.5. The van der Waals surface area contributed by atoms with Gasteiger partial charge in [0.2, 0.25) is 0 Å². The van der Waals surface area contributed by atoms with E-state index in [1.54, 1.807) is 24.3 Å². The van der Waals surface area contributed by atoms with Gasteiger partial charge in [0.25, 0.3) is 17.7 Å². The lowest BCUT2D eigenvalue weighted by Gasteiger charge is -2.26. The average molecular weight is 929 g/mol. The summed E-state index contributed by atoms with van der Waals surface area (Å²) in [5.74, 6) is -2.72. The minimum absolute atomic E-state index is 0.0364. The van der Waals surface area contributed by atoms with Crippen LogP contribution in [0.4, 0.5) is 11.4 Å². The molecule has 1 heterocycles. The van der Waals surface area contributed by atoms with Crippen LogP contribution in [0, 0.1) is 5.41 Å². The van der Waals surface area contributed by atoms with Crippen LogP contribution in [0.15, 0.2) is 75.7 Å². The molecule has 8 rings (SSSR count). The van der Waals surface area contributed by atoms with E-state index in [1.807, 2.05) is 42.5 Å². The van der Waals surface area contributed by atoms with Gasteiger partial charge in [-0.15, -0.1) is 0 Å². The van der Waals surface area contributed by atoms with E-state index in [9.17, 15) is 24.9 Å². The fourth-order valence-corrected chi connectivity index (χ4v) is 10.5. The summed E-state index contributed by atoms with van der Waals surface area (Å²) in [5, 5.41) is 34.5. The molecular weight excluding hydrogens is 884 g/mol. The lowest BCUT2D eigenvalue weighted by atomic mass is 9.82. The first-order valence-corrected chi connectivity index (χ1v) is 21.7. The summed E-state index contributed by atoms with van der Waals surface area (Å²) < 4.78 is 0.774. The monoisotopic (exact) mass is 926 g/mol. The molecule has 0 aliphatic carbocycles. The molecule has 5 N–H and O–H groups in total. The molecule has 0 unspecified atom stereocenters. The number of carbonyl (C=O) groups is 4. The number of amidine groups is 1. The van der Waals surface area contributed by atoms with Crippen LogP contribution in [0.1, 0.15) is 148 Å². The number of carboxylic acid groups (broad SMARTS) is 1. The van der Waals surface area contributed by atoms with Crippen molar-refractivity contribution in [3.8, 4) is 0 Å². The average Bonchev–Trinajstić information content (AvgIpc) is 3.18. The number of nitrogens with one attached hydrogen (secondary N) is 4. The third-order valence-corrected chi connectivity index (χ3v) is 13.2. The molecule has 0 radical (unpaired) electrons. The highest BCUT2D eigenvalue weighted by Crippen LogP contribution is 2.51. The van der Waals surface area contributed by atoms with Gasteiger partial charge >= 0.3 is 5.97 Å². The molecule has 0 spiro atoms. The molecule has 7 aromatic carbocycles. The second kappa shape index (κ2) is 15.1. The molecule has 7 aromatic rings. The summed E-state index contributed by atoms with van der Waals surface area (Å²) in [6, 6.07) is 20.6. The number of hydrogen-bond acceptors (Lipinski definition) is 5. The molecule has 0 saturated heterocycles. The van der Waals surface area contributed by atoms with Gasteiger partial charge in [0.15, 0.2) is 0 Å². The molecule has 9 nitrogen and oxygen atoms in total. The van der Waals surface area contributed by atoms with Crippen LogP contribution in [0.2, 0.25) is 0 Å². The number of hydrogen-bond donors (Lipinski definition) is 5.